The summed E-state index contributed by atoms with van der Waals surface area (Å²) in [5.41, 5.74) is 2.32. The zero-order chi connectivity index (χ0) is 45.2. The number of rotatable bonds is 5. The molecule has 0 saturated carbocycles. The summed E-state index contributed by atoms with van der Waals surface area (Å²) in [6.07, 6.45) is 17.7. The number of aromatic nitrogens is 1. The summed E-state index contributed by atoms with van der Waals surface area (Å²) in [6.45, 7) is 0.440. The van der Waals surface area contributed by atoms with Crippen LogP contribution in [-0.2, 0) is 6.54 Å². The number of fused-ring (bicyclic) bond motifs is 1. The van der Waals surface area contributed by atoms with E-state index in [1.807, 2.05) is 29.0 Å². The minimum absolute atomic E-state index is 0.370. The molecule has 3 rings (SSSR count). The van der Waals surface area contributed by atoms with Crippen molar-refractivity contribution in [3.63, 3.8) is 0 Å². The van der Waals surface area contributed by atoms with Gasteiger partial charge in [-0.05, 0) is 137 Å². The van der Waals surface area contributed by atoms with Crippen molar-refractivity contribution in [2.45, 2.75) is 6.54 Å². The molecule has 0 radical (unpaired) electrons. The fraction of sp³-hybridized carbons (Fsp3) is 0.0167. The Kier molecular flexibility index (Phi) is 22.8. The van der Waals surface area contributed by atoms with E-state index in [1.54, 1.807) is 24.3 Å². The highest BCUT2D eigenvalue weighted by Crippen LogP contribution is 2.25. The van der Waals surface area contributed by atoms with Crippen LogP contribution in [0, 0.1) is 262 Å². The van der Waals surface area contributed by atoms with Crippen LogP contribution in [0.5, 0.6) is 11.5 Å². The van der Waals surface area contributed by atoms with Crippen molar-refractivity contribution in [2.24, 2.45) is 0 Å². The van der Waals surface area contributed by atoms with Gasteiger partial charge in [0.2, 0.25) is 0 Å². The third-order valence-corrected chi connectivity index (χ3v) is 6.06. The van der Waals surface area contributed by atoms with Gasteiger partial charge in [-0.3, -0.25) is 4.79 Å². The number of benzene rings is 2. The van der Waals surface area contributed by atoms with Crippen molar-refractivity contribution < 1.29 is 14.3 Å². The maximum absolute atomic E-state index is 11.3. The van der Waals surface area contributed by atoms with E-state index in [4.69, 9.17) is 22.3 Å². The first kappa shape index (κ1) is 46.0. The number of nitrogens with zero attached hydrogens (tertiary/aromatic N) is 1. The third kappa shape index (κ3) is 21.6. The Morgan fingerprint density at radius 3 is 1.06 bits per heavy atom. The van der Waals surface area contributed by atoms with Crippen LogP contribution < -0.4 is 9.47 Å². The smallest absolute Gasteiger partial charge is 0.150 e. The number of hydrogen-bond donors (Lipinski definition) is 0. The number of carbonyl (C=O) groups is 1. The monoisotopic (exact) mass is 795 g/mol. The lowest BCUT2D eigenvalue weighted by Gasteiger charge is -2.09. The first-order valence-corrected chi connectivity index (χ1v) is 17.2. The first-order valence-electron chi connectivity index (χ1n) is 17.2. The number of terminal acetylenes is 2. The summed E-state index contributed by atoms with van der Waals surface area (Å²) in [4.78, 5) is 11.3. The molecule has 0 bridgehead atoms. The van der Waals surface area contributed by atoms with Crippen molar-refractivity contribution in [3.05, 3.63) is 59.8 Å². The number of ether oxygens (including phenoxy) is 2. The summed E-state index contributed by atoms with van der Waals surface area (Å²) in [5.74, 6) is 100.0. The largest absolute Gasteiger partial charge is 0.407 e. The molecule has 276 valence electrons. The van der Waals surface area contributed by atoms with Crippen molar-refractivity contribution in [1.82, 2.24) is 4.57 Å². The SMILES string of the molecule is C#CC#CC#CC#CC#CC#CC#CC#CC#CC#CC#COc1cc(Cn2ccc3cc(C=O)ccc32)cc(OC#CC#CC#CC#CC#CC#CC#CC#CC#CC#CC#C)c1. The van der Waals surface area contributed by atoms with Gasteiger partial charge in [-0.1, -0.05) is 0 Å². The van der Waals surface area contributed by atoms with Crippen LogP contribution in [0.4, 0.5) is 0 Å². The van der Waals surface area contributed by atoms with Gasteiger partial charge in [0, 0.05) is 177 Å². The molecule has 0 atom stereocenters. The predicted molar refractivity (Wildman–Crippen MR) is 247 cm³/mol. The second kappa shape index (κ2) is 31.7. The van der Waals surface area contributed by atoms with Crippen molar-refractivity contribution >= 4 is 17.2 Å². The van der Waals surface area contributed by atoms with Crippen molar-refractivity contribution in [1.29, 1.82) is 0 Å². The topological polar surface area (TPSA) is 40.5 Å². The Bertz CT molecular complexity index is 3660. The number of carbonyl (C=O) groups excluding carboxylic acids is 1. The molecule has 0 unspecified atom stereocenters. The van der Waals surface area contributed by atoms with E-state index in [-0.39, 0.29) is 0 Å². The highest BCUT2D eigenvalue weighted by Gasteiger charge is 2.07. The van der Waals surface area contributed by atoms with E-state index in [0.717, 1.165) is 22.8 Å². The fourth-order valence-corrected chi connectivity index (χ4v) is 3.82. The van der Waals surface area contributed by atoms with Crippen LogP contribution in [0.1, 0.15) is 15.9 Å². The highest BCUT2D eigenvalue weighted by atomic mass is 16.5. The maximum Gasteiger partial charge on any atom is 0.150 e. The second-order valence-electron chi connectivity index (χ2n) is 10.1. The van der Waals surface area contributed by atoms with Gasteiger partial charge in [-0.25, -0.2) is 0 Å². The zero-order valence-electron chi connectivity index (χ0n) is 32.7. The van der Waals surface area contributed by atoms with Crippen molar-refractivity contribution in [3.8, 4) is 273 Å². The van der Waals surface area contributed by atoms with E-state index >= 15 is 0 Å². The second-order valence-corrected chi connectivity index (χ2v) is 10.1. The lowest BCUT2D eigenvalue weighted by molar-refractivity contribution is 0.112. The molecule has 64 heavy (non-hydrogen) atoms. The van der Waals surface area contributed by atoms with Gasteiger partial charge >= 0.3 is 0 Å². The van der Waals surface area contributed by atoms with E-state index < -0.39 is 0 Å². The molecule has 4 nitrogen and oxygen atoms in total. The Morgan fingerprint density at radius 2 is 0.734 bits per heavy atom. The highest BCUT2D eigenvalue weighted by molar-refractivity contribution is 5.87. The van der Waals surface area contributed by atoms with Crippen molar-refractivity contribution in [2.75, 3.05) is 0 Å². The minimum Gasteiger partial charge on any atom is -0.407 e. The van der Waals surface area contributed by atoms with E-state index in [0.29, 0.717) is 23.6 Å². The van der Waals surface area contributed by atoms with Gasteiger partial charge in [0.25, 0.3) is 0 Å². The molecule has 2 aromatic carbocycles. The average Bonchev–Trinajstić information content (AvgIpc) is 3.71. The van der Waals surface area contributed by atoms with Gasteiger partial charge in [-0.2, -0.15) is 0 Å². The molecule has 0 aliphatic rings. The molecule has 0 amide bonds. The van der Waals surface area contributed by atoms with E-state index in [9.17, 15) is 4.79 Å². The van der Waals surface area contributed by atoms with Gasteiger partial charge < -0.3 is 14.0 Å². The van der Waals surface area contributed by atoms with Crippen LogP contribution >= 0.6 is 0 Å². The minimum atomic E-state index is 0.370. The lowest BCUT2D eigenvalue weighted by atomic mass is 10.1. The molecule has 0 aliphatic carbocycles. The Labute approximate surface area is 374 Å². The molecule has 0 saturated heterocycles. The Morgan fingerprint density at radius 1 is 0.406 bits per heavy atom. The predicted octanol–water partition coefficient (Wildman–Crippen LogP) is 3.51. The maximum atomic E-state index is 11.3. The summed E-state index contributed by atoms with van der Waals surface area (Å²) < 4.78 is 13.3. The molecule has 1 heterocycles. The summed E-state index contributed by atoms with van der Waals surface area (Å²) in [5, 5.41) is 0.919. The van der Waals surface area contributed by atoms with Gasteiger partial charge in [0.15, 0.2) is 0 Å². The summed E-state index contributed by atoms with van der Waals surface area (Å²) in [7, 11) is 0. The van der Waals surface area contributed by atoms with Gasteiger partial charge in [-0.15, -0.1) is 12.8 Å². The van der Waals surface area contributed by atoms with Crippen LogP contribution in [-0.4, -0.2) is 10.9 Å². The molecule has 1 aromatic heterocycles. The average molecular weight is 796 g/mol. The van der Waals surface area contributed by atoms with Crippen LogP contribution in [0.25, 0.3) is 10.9 Å². The van der Waals surface area contributed by atoms with Crippen LogP contribution in [0.2, 0.25) is 0 Å². The first-order chi connectivity index (χ1) is 31.7. The summed E-state index contributed by atoms with van der Waals surface area (Å²) in [6, 6.07) is 12.6. The lowest BCUT2D eigenvalue weighted by Crippen LogP contribution is -1.99. The number of aldehydes is 1. The molecule has 0 aliphatic heterocycles. The van der Waals surface area contributed by atoms with E-state index in [2.05, 4.69) is 249 Å². The van der Waals surface area contributed by atoms with Crippen LogP contribution in [0.3, 0.4) is 0 Å². The fourth-order valence-electron chi connectivity index (χ4n) is 3.82. The normalized spacial score (nSPS) is 6.22. The molecule has 0 spiro atoms. The quantitative estimate of drug-likeness (QED) is 0.294. The van der Waals surface area contributed by atoms with Gasteiger partial charge in [0.05, 0.1) is 0 Å². The zero-order valence-corrected chi connectivity index (χ0v) is 32.7. The Balaban J connectivity index is 1.64. The molecule has 0 fully saturated rings. The number of hydrogen-bond acceptors (Lipinski definition) is 3. The molecular formula is C60H13NO3. The molecule has 3 aromatic rings. The third-order valence-electron chi connectivity index (χ3n) is 6.06. The molecule has 4 heteroatoms. The molecular weight excluding hydrogens is 783 g/mol. The standard InChI is InChI=1S/C60H13NO3/c1-3-5-7-9-11-13-15-17-19-21-23-25-27-29-31-33-35-37-39-41-47-63-58-50-56(53-61-46-45-57-49-55(54-62)43-44-60(57)61)51-59(52-58)64-48-42-40-38-36-34-32-30-28-26-24-22-20-18-16-14-12-10-8-6-4-2/h1-2,43-46,49-52,54H,53H2. The van der Waals surface area contributed by atoms with Gasteiger partial charge in [0.1, 0.15) is 30.0 Å². The van der Waals surface area contributed by atoms with E-state index in [1.165, 1.54) is 0 Å². The van der Waals surface area contributed by atoms with Crippen LogP contribution in [0.15, 0.2) is 48.7 Å². The Hall–Kier alpha value is -12.4. The molecule has 0 N–H and O–H groups in total. The summed E-state index contributed by atoms with van der Waals surface area (Å²) >= 11 is 0.